The highest BCUT2D eigenvalue weighted by Gasteiger charge is 2.18. The summed E-state index contributed by atoms with van der Waals surface area (Å²) in [5.41, 5.74) is 0. The Hall–Kier alpha value is -1.00. The van der Waals surface area contributed by atoms with E-state index in [1.165, 1.54) is 12.1 Å². The summed E-state index contributed by atoms with van der Waals surface area (Å²) in [5.74, 6) is -1.14. The quantitative estimate of drug-likeness (QED) is 0.617. The van der Waals surface area contributed by atoms with Gasteiger partial charge in [-0.15, -0.1) is 11.3 Å². The van der Waals surface area contributed by atoms with Gasteiger partial charge in [0, 0.05) is 20.3 Å². The Balaban J connectivity index is 2.36. The zero-order chi connectivity index (χ0) is 15.0. The van der Waals surface area contributed by atoms with Gasteiger partial charge in [0.05, 0.1) is 13.2 Å². The lowest BCUT2D eigenvalue weighted by Gasteiger charge is -2.05. The standard InChI is InChI=1S/C11H17NO6S2/c1-17-7-8-18-6-2-5-12-20(15,16)10-4-3-9(19-10)11(13)14/h3-4,12H,2,5-8H2,1H3,(H,13,14). The molecule has 9 heteroatoms. The third kappa shape index (κ3) is 5.55. The molecule has 0 radical (unpaired) electrons. The van der Waals surface area contributed by atoms with Gasteiger partial charge in [0.1, 0.15) is 9.09 Å². The zero-order valence-corrected chi connectivity index (χ0v) is 12.6. The van der Waals surface area contributed by atoms with Crippen LogP contribution in [0, 0.1) is 0 Å². The van der Waals surface area contributed by atoms with Crippen molar-refractivity contribution in [3.05, 3.63) is 17.0 Å². The molecule has 1 aromatic heterocycles. The van der Waals surface area contributed by atoms with Crippen molar-refractivity contribution in [1.82, 2.24) is 4.72 Å². The summed E-state index contributed by atoms with van der Waals surface area (Å²) in [7, 11) is -2.07. The van der Waals surface area contributed by atoms with Gasteiger partial charge < -0.3 is 14.6 Å². The molecular formula is C11H17NO6S2. The minimum atomic E-state index is -3.65. The maximum absolute atomic E-state index is 11.8. The van der Waals surface area contributed by atoms with Gasteiger partial charge in [-0.3, -0.25) is 0 Å². The molecule has 0 aromatic carbocycles. The number of sulfonamides is 1. The number of ether oxygens (including phenoxy) is 2. The average Bonchev–Trinajstić information content (AvgIpc) is 2.88. The first-order valence-electron chi connectivity index (χ1n) is 5.87. The lowest BCUT2D eigenvalue weighted by Crippen LogP contribution is -2.25. The minimum Gasteiger partial charge on any atom is -0.477 e. The molecule has 0 spiro atoms. The fraction of sp³-hybridized carbons (Fsp3) is 0.545. The van der Waals surface area contributed by atoms with Gasteiger partial charge in [0.15, 0.2) is 0 Å². The smallest absolute Gasteiger partial charge is 0.345 e. The summed E-state index contributed by atoms with van der Waals surface area (Å²) in [4.78, 5) is 10.7. The SMILES string of the molecule is COCCOCCCNS(=O)(=O)c1ccc(C(=O)O)s1. The number of hydrogen-bond donors (Lipinski definition) is 2. The highest BCUT2D eigenvalue weighted by Crippen LogP contribution is 2.21. The van der Waals surface area contributed by atoms with Crippen LogP contribution in [0.5, 0.6) is 0 Å². The van der Waals surface area contributed by atoms with Crippen molar-refractivity contribution in [2.45, 2.75) is 10.6 Å². The zero-order valence-electron chi connectivity index (χ0n) is 11.0. The summed E-state index contributed by atoms with van der Waals surface area (Å²) in [6.45, 7) is 1.63. The maximum Gasteiger partial charge on any atom is 0.345 e. The monoisotopic (exact) mass is 323 g/mol. The van der Waals surface area contributed by atoms with Crippen molar-refractivity contribution < 1.29 is 27.8 Å². The van der Waals surface area contributed by atoms with E-state index < -0.39 is 16.0 Å². The second kappa shape index (κ2) is 8.32. The van der Waals surface area contributed by atoms with Crippen LogP contribution in [0.4, 0.5) is 0 Å². The lowest BCUT2D eigenvalue weighted by atomic mass is 10.5. The number of aromatic carboxylic acids is 1. The molecule has 1 rings (SSSR count). The average molecular weight is 323 g/mol. The normalized spacial score (nSPS) is 11.7. The Labute approximate surface area is 121 Å². The molecular weight excluding hydrogens is 306 g/mol. The molecule has 0 bridgehead atoms. The van der Waals surface area contributed by atoms with Crippen molar-refractivity contribution in [3.63, 3.8) is 0 Å². The Kier molecular flexibility index (Phi) is 7.10. The lowest BCUT2D eigenvalue weighted by molar-refractivity contribution is 0.0699. The van der Waals surface area contributed by atoms with Crippen LogP contribution in [0.3, 0.4) is 0 Å². The molecule has 20 heavy (non-hydrogen) atoms. The molecule has 1 aromatic rings. The highest BCUT2D eigenvalue weighted by molar-refractivity contribution is 7.91. The number of thiophene rings is 1. The van der Waals surface area contributed by atoms with Gasteiger partial charge in [0.25, 0.3) is 0 Å². The Morgan fingerprint density at radius 2 is 2.10 bits per heavy atom. The molecule has 2 N–H and O–H groups in total. The molecule has 0 aliphatic rings. The van der Waals surface area contributed by atoms with Crippen LogP contribution in [0.25, 0.3) is 0 Å². The first-order valence-corrected chi connectivity index (χ1v) is 8.17. The Morgan fingerprint density at radius 1 is 1.35 bits per heavy atom. The van der Waals surface area contributed by atoms with E-state index in [2.05, 4.69) is 4.72 Å². The van der Waals surface area contributed by atoms with Crippen molar-refractivity contribution in [1.29, 1.82) is 0 Å². The van der Waals surface area contributed by atoms with Crippen molar-refractivity contribution >= 4 is 27.3 Å². The largest absolute Gasteiger partial charge is 0.477 e. The highest BCUT2D eigenvalue weighted by atomic mass is 32.2. The molecule has 0 atom stereocenters. The number of nitrogens with one attached hydrogen (secondary N) is 1. The van der Waals surface area contributed by atoms with Gasteiger partial charge in [-0.25, -0.2) is 17.9 Å². The summed E-state index contributed by atoms with van der Waals surface area (Å²) in [6.07, 6.45) is 0.528. The van der Waals surface area contributed by atoms with Crippen molar-refractivity contribution in [2.24, 2.45) is 0 Å². The fourth-order valence-electron chi connectivity index (χ4n) is 1.28. The molecule has 7 nitrogen and oxygen atoms in total. The van der Waals surface area contributed by atoms with Crippen LogP contribution < -0.4 is 4.72 Å². The van der Waals surface area contributed by atoms with E-state index in [0.717, 1.165) is 11.3 Å². The molecule has 0 fully saturated rings. The van der Waals surface area contributed by atoms with Crippen LogP contribution in [0.2, 0.25) is 0 Å². The summed E-state index contributed by atoms with van der Waals surface area (Å²) < 4.78 is 36.1. The van der Waals surface area contributed by atoms with E-state index >= 15 is 0 Å². The topological polar surface area (TPSA) is 102 Å². The van der Waals surface area contributed by atoms with E-state index in [0.29, 0.717) is 26.2 Å². The first-order chi connectivity index (χ1) is 9.47. The minimum absolute atomic E-state index is 0.00444. The van der Waals surface area contributed by atoms with E-state index in [9.17, 15) is 13.2 Å². The van der Waals surface area contributed by atoms with E-state index in [-0.39, 0.29) is 15.6 Å². The molecule has 0 amide bonds. The first kappa shape index (κ1) is 17.1. The molecule has 0 aliphatic carbocycles. The number of methoxy groups -OCH3 is 1. The molecule has 114 valence electrons. The molecule has 0 saturated heterocycles. The van der Waals surface area contributed by atoms with E-state index in [1.54, 1.807) is 7.11 Å². The Morgan fingerprint density at radius 3 is 2.70 bits per heavy atom. The van der Waals surface area contributed by atoms with Crippen molar-refractivity contribution in [2.75, 3.05) is 33.5 Å². The third-order valence-corrected chi connectivity index (χ3v) is 5.27. The maximum atomic E-state index is 11.8. The van der Waals surface area contributed by atoms with E-state index in [4.69, 9.17) is 14.6 Å². The number of carboxylic acid groups (broad SMARTS) is 1. The fourth-order valence-corrected chi connectivity index (χ4v) is 3.54. The third-order valence-electron chi connectivity index (χ3n) is 2.25. The van der Waals surface area contributed by atoms with Gasteiger partial charge in [-0.1, -0.05) is 0 Å². The summed E-state index contributed by atoms with van der Waals surface area (Å²) in [6, 6.07) is 2.56. The number of rotatable bonds is 10. The second-order valence-corrected chi connectivity index (χ2v) is 6.86. The number of carbonyl (C=O) groups is 1. The molecule has 1 heterocycles. The van der Waals surface area contributed by atoms with Crippen LogP contribution in [0.15, 0.2) is 16.3 Å². The molecule has 0 aliphatic heterocycles. The molecule has 0 unspecified atom stereocenters. The molecule has 0 saturated carbocycles. The van der Waals surface area contributed by atoms with Crippen LogP contribution in [-0.2, 0) is 19.5 Å². The van der Waals surface area contributed by atoms with Crippen LogP contribution >= 0.6 is 11.3 Å². The van der Waals surface area contributed by atoms with Gasteiger partial charge >= 0.3 is 5.97 Å². The van der Waals surface area contributed by atoms with E-state index in [1.807, 2.05) is 0 Å². The predicted molar refractivity (Wildman–Crippen MR) is 73.8 cm³/mol. The van der Waals surface area contributed by atoms with Crippen molar-refractivity contribution in [3.8, 4) is 0 Å². The second-order valence-electron chi connectivity index (χ2n) is 3.78. The summed E-state index contributed by atoms with van der Waals surface area (Å²) in [5, 5.41) is 8.75. The van der Waals surface area contributed by atoms with Gasteiger partial charge in [-0.05, 0) is 18.6 Å². The van der Waals surface area contributed by atoms with Gasteiger partial charge in [-0.2, -0.15) is 0 Å². The number of hydrogen-bond acceptors (Lipinski definition) is 6. The number of carboxylic acids is 1. The van der Waals surface area contributed by atoms with Crippen LogP contribution in [0.1, 0.15) is 16.1 Å². The van der Waals surface area contributed by atoms with Crippen LogP contribution in [-0.4, -0.2) is 53.0 Å². The van der Waals surface area contributed by atoms with Gasteiger partial charge in [0.2, 0.25) is 10.0 Å². The Bertz CT molecular complexity index is 525. The predicted octanol–water partition coefficient (Wildman–Crippen LogP) is 0.778. The summed E-state index contributed by atoms with van der Waals surface area (Å²) >= 11 is 0.725.